The van der Waals surface area contributed by atoms with Crippen LogP contribution in [0.25, 0.3) is 0 Å². The summed E-state index contributed by atoms with van der Waals surface area (Å²) in [6, 6.07) is 17.7. The minimum Gasteiger partial charge on any atom is -0.497 e. The summed E-state index contributed by atoms with van der Waals surface area (Å²) in [6.07, 6.45) is 0.474. The van der Waals surface area contributed by atoms with Gasteiger partial charge in [-0.1, -0.05) is 30.3 Å². The van der Waals surface area contributed by atoms with Gasteiger partial charge in [0.15, 0.2) is 0 Å². The number of benzene rings is 2. The van der Waals surface area contributed by atoms with Crippen molar-refractivity contribution in [1.82, 2.24) is 5.32 Å². The SMILES string of the molecule is COc1ccc(CNC(=O)CCN(C)c2ccccc2)cc1. The Morgan fingerprint density at radius 2 is 1.77 bits per heavy atom. The topological polar surface area (TPSA) is 41.6 Å². The van der Waals surface area contributed by atoms with Crippen molar-refractivity contribution in [2.45, 2.75) is 13.0 Å². The van der Waals surface area contributed by atoms with Gasteiger partial charge in [0.1, 0.15) is 5.75 Å². The Labute approximate surface area is 131 Å². The van der Waals surface area contributed by atoms with Crippen LogP contribution in [0.3, 0.4) is 0 Å². The second-order valence-electron chi connectivity index (χ2n) is 5.13. The highest BCUT2D eigenvalue weighted by molar-refractivity contribution is 5.76. The summed E-state index contributed by atoms with van der Waals surface area (Å²) < 4.78 is 5.11. The monoisotopic (exact) mass is 298 g/mol. The number of hydrogen-bond donors (Lipinski definition) is 1. The number of anilines is 1. The molecule has 0 heterocycles. The average molecular weight is 298 g/mol. The lowest BCUT2D eigenvalue weighted by Crippen LogP contribution is -2.28. The molecule has 0 saturated carbocycles. The van der Waals surface area contributed by atoms with Gasteiger partial charge in [0.05, 0.1) is 7.11 Å². The lowest BCUT2D eigenvalue weighted by Gasteiger charge is -2.18. The summed E-state index contributed by atoms with van der Waals surface area (Å²) >= 11 is 0. The molecule has 1 N–H and O–H groups in total. The van der Waals surface area contributed by atoms with E-state index in [-0.39, 0.29) is 5.91 Å². The van der Waals surface area contributed by atoms with Gasteiger partial charge in [-0.15, -0.1) is 0 Å². The summed E-state index contributed by atoms with van der Waals surface area (Å²) in [5.41, 5.74) is 2.18. The first-order valence-electron chi connectivity index (χ1n) is 7.35. The van der Waals surface area contributed by atoms with Crippen LogP contribution in [0.4, 0.5) is 5.69 Å². The molecule has 0 unspecified atom stereocenters. The summed E-state index contributed by atoms with van der Waals surface area (Å²) in [7, 11) is 3.63. The number of amides is 1. The highest BCUT2D eigenvalue weighted by atomic mass is 16.5. The van der Waals surface area contributed by atoms with Gasteiger partial charge in [0.2, 0.25) is 5.91 Å². The van der Waals surface area contributed by atoms with E-state index in [0.717, 1.165) is 17.0 Å². The first-order chi connectivity index (χ1) is 10.7. The lowest BCUT2D eigenvalue weighted by atomic mass is 10.2. The lowest BCUT2D eigenvalue weighted by molar-refractivity contribution is -0.121. The molecule has 0 fully saturated rings. The van der Waals surface area contributed by atoms with Gasteiger partial charge in [0, 0.05) is 32.2 Å². The minimum absolute atomic E-state index is 0.0543. The zero-order valence-corrected chi connectivity index (χ0v) is 13.1. The molecule has 0 aliphatic heterocycles. The number of nitrogens with one attached hydrogen (secondary N) is 1. The minimum atomic E-state index is 0.0543. The van der Waals surface area contributed by atoms with Crippen LogP contribution < -0.4 is 15.0 Å². The summed E-state index contributed by atoms with van der Waals surface area (Å²) in [4.78, 5) is 14.0. The molecule has 2 aromatic rings. The van der Waals surface area contributed by atoms with E-state index in [1.165, 1.54) is 0 Å². The van der Waals surface area contributed by atoms with Crippen molar-refractivity contribution in [3.05, 3.63) is 60.2 Å². The number of para-hydroxylation sites is 1. The van der Waals surface area contributed by atoms with Crippen LogP contribution in [0.1, 0.15) is 12.0 Å². The molecule has 2 aromatic carbocycles. The fraction of sp³-hybridized carbons (Fsp3) is 0.278. The standard InChI is InChI=1S/C18H22N2O2/c1-20(16-6-4-3-5-7-16)13-12-18(21)19-14-15-8-10-17(22-2)11-9-15/h3-11H,12-14H2,1-2H3,(H,19,21). The Hall–Kier alpha value is -2.49. The maximum absolute atomic E-state index is 11.9. The normalized spacial score (nSPS) is 10.1. The molecule has 0 bridgehead atoms. The Morgan fingerprint density at radius 1 is 1.09 bits per heavy atom. The molecular formula is C18H22N2O2. The van der Waals surface area contributed by atoms with Gasteiger partial charge >= 0.3 is 0 Å². The van der Waals surface area contributed by atoms with Gasteiger partial charge in [0.25, 0.3) is 0 Å². The molecule has 0 aromatic heterocycles. The molecule has 1 amide bonds. The van der Waals surface area contributed by atoms with Crippen LogP contribution in [0.5, 0.6) is 5.75 Å². The van der Waals surface area contributed by atoms with E-state index in [9.17, 15) is 4.79 Å². The molecule has 0 spiro atoms. The van der Waals surface area contributed by atoms with Crippen LogP contribution >= 0.6 is 0 Å². The van der Waals surface area contributed by atoms with Crippen molar-refractivity contribution in [2.24, 2.45) is 0 Å². The third kappa shape index (κ3) is 4.81. The maximum Gasteiger partial charge on any atom is 0.222 e. The van der Waals surface area contributed by atoms with Crippen LogP contribution in [-0.4, -0.2) is 26.6 Å². The summed E-state index contributed by atoms with van der Waals surface area (Å²) in [5.74, 6) is 0.873. The largest absolute Gasteiger partial charge is 0.497 e. The highest BCUT2D eigenvalue weighted by Crippen LogP contribution is 2.12. The van der Waals surface area contributed by atoms with Crippen molar-refractivity contribution in [2.75, 3.05) is 25.6 Å². The maximum atomic E-state index is 11.9. The Balaban J connectivity index is 1.73. The molecule has 4 heteroatoms. The van der Waals surface area contributed by atoms with Crippen LogP contribution in [0, 0.1) is 0 Å². The van der Waals surface area contributed by atoms with Gasteiger partial charge < -0.3 is 15.0 Å². The molecular weight excluding hydrogens is 276 g/mol. The number of carbonyl (C=O) groups is 1. The van der Waals surface area contributed by atoms with Crippen molar-refractivity contribution in [1.29, 1.82) is 0 Å². The molecule has 2 rings (SSSR count). The predicted octanol–water partition coefficient (Wildman–Crippen LogP) is 2.84. The number of ether oxygens (including phenoxy) is 1. The third-order valence-corrected chi connectivity index (χ3v) is 3.52. The van der Waals surface area contributed by atoms with Crippen LogP contribution in [0.2, 0.25) is 0 Å². The first-order valence-corrected chi connectivity index (χ1v) is 7.35. The number of nitrogens with zero attached hydrogens (tertiary/aromatic N) is 1. The molecule has 0 saturated heterocycles. The van der Waals surface area contributed by atoms with Crippen molar-refractivity contribution in [3.8, 4) is 5.75 Å². The zero-order valence-electron chi connectivity index (χ0n) is 13.1. The quantitative estimate of drug-likeness (QED) is 0.854. The van der Waals surface area contributed by atoms with Crippen molar-refractivity contribution >= 4 is 11.6 Å². The second-order valence-corrected chi connectivity index (χ2v) is 5.13. The number of hydrogen-bond acceptors (Lipinski definition) is 3. The molecule has 0 atom stereocenters. The Kier molecular flexibility index (Phi) is 5.83. The van der Waals surface area contributed by atoms with E-state index in [1.807, 2.05) is 61.6 Å². The van der Waals surface area contributed by atoms with E-state index < -0.39 is 0 Å². The molecule has 116 valence electrons. The van der Waals surface area contributed by atoms with E-state index in [1.54, 1.807) is 7.11 Å². The Morgan fingerprint density at radius 3 is 2.41 bits per heavy atom. The van der Waals surface area contributed by atoms with Gasteiger partial charge in [-0.2, -0.15) is 0 Å². The summed E-state index contributed by atoms with van der Waals surface area (Å²) in [6.45, 7) is 1.23. The molecule has 0 aliphatic carbocycles. The van der Waals surface area contributed by atoms with Crippen LogP contribution in [-0.2, 0) is 11.3 Å². The van der Waals surface area contributed by atoms with E-state index in [4.69, 9.17) is 4.74 Å². The van der Waals surface area contributed by atoms with E-state index >= 15 is 0 Å². The molecule has 4 nitrogen and oxygen atoms in total. The van der Waals surface area contributed by atoms with Crippen molar-refractivity contribution < 1.29 is 9.53 Å². The van der Waals surface area contributed by atoms with Gasteiger partial charge in [-0.3, -0.25) is 4.79 Å². The highest BCUT2D eigenvalue weighted by Gasteiger charge is 2.05. The fourth-order valence-corrected chi connectivity index (χ4v) is 2.11. The summed E-state index contributed by atoms with van der Waals surface area (Å²) in [5, 5.41) is 2.94. The molecule has 0 aliphatic rings. The third-order valence-electron chi connectivity index (χ3n) is 3.52. The average Bonchev–Trinajstić information content (AvgIpc) is 2.59. The Bertz CT molecular complexity index is 582. The number of rotatable bonds is 7. The molecule has 22 heavy (non-hydrogen) atoms. The predicted molar refractivity (Wildman–Crippen MR) is 89.2 cm³/mol. The van der Waals surface area contributed by atoms with Crippen LogP contribution in [0.15, 0.2) is 54.6 Å². The number of carbonyl (C=O) groups excluding carboxylic acids is 1. The van der Waals surface area contributed by atoms with Gasteiger partial charge in [-0.05, 0) is 29.8 Å². The number of methoxy groups -OCH3 is 1. The fourth-order valence-electron chi connectivity index (χ4n) is 2.11. The first kappa shape index (κ1) is 15.9. The zero-order chi connectivity index (χ0) is 15.8. The van der Waals surface area contributed by atoms with Gasteiger partial charge in [-0.25, -0.2) is 0 Å². The molecule has 0 radical (unpaired) electrons. The van der Waals surface area contributed by atoms with E-state index in [2.05, 4.69) is 10.2 Å². The van der Waals surface area contributed by atoms with Crippen molar-refractivity contribution in [3.63, 3.8) is 0 Å². The smallest absolute Gasteiger partial charge is 0.222 e. The van der Waals surface area contributed by atoms with E-state index in [0.29, 0.717) is 19.5 Å². The second kappa shape index (κ2) is 8.08.